The minimum atomic E-state index is 0.937. The lowest BCUT2D eigenvalue weighted by Crippen LogP contribution is -1.69. The maximum Gasteiger partial charge on any atom is -0.00893 e. The summed E-state index contributed by atoms with van der Waals surface area (Å²) in [7, 11) is 0.937. The Balaban J connectivity index is 1.91. The second kappa shape index (κ2) is 3.19. The van der Waals surface area contributed by atoms with E-state index < -0.39 is 0 Å². The van der Waals surface area contributed by atoms with Gasteiger partial charge >= 0.3 is 0 Å². The van der Waals surface area contributed by atoms with E-state index in [0.717, 1.165) is 8.58 Å². The van der Waals surface area contributed by atoms with Gasteiger partial charge in [-0.1, -0.05) is 45.0 Å². The summed E-state index contributed by atoms with van der Waals surface area (Å²) < 4.78 is 0. The maximum atomic E-state index is 2.25. The Hall–Kier alpha value is -0.610. The summed E-state index contributed by atoms with van der Waals surface area (Å²) in [5, 5.41) is 3.17. The molecule has 0 aromatic carbocycles. The first-order valence-electron chi connectivity index (χ1n) is 3.93. The van der Waals surface area contributed by atoms with Crippen molar-refractivity contribution in [2.75, 3.05) is 0 Å². The molecule has 0 bridgehead atoms. The smallest absolute Gasteiger partial charge is 0.00893 e. The first-order valence-corrected chi connectivity index (χ1v) is 4.93. The van der Waals surface area contributed by atoms with Gasteiger partial charge in [0.25, 0.3) is 0 Å². The molecule has 0 saturated heterocycles. The fourth-order valence-electron chi connectivity index (χ4n) is 1.29. The molecule has 0 nitrogen and oxygen atoms in total. The van der Waals surface area contributed by atoms with E-state index in [2.05, 4.69) is 36.5 Å². The summed E-state index contributed by atoms with van der Waals surface area (Å²) in [6.45, 7) is 0. The second-order valence-corrected chi connectivity index (χ2v) is 4.31. The lowest BCUT2D eigenvalue weighted by atomic mass is 10.5. The number of hydrogen-bond acceptors (Lipinski definition) is 0. The van der Waals surface area contributed by atoms with Crippen LogP contribution in [0.4, 0.5) is 0 Å². The molecule has 0 saturated carbocycles. The molecule has 0 aliphatic heterocycles. The van der Waals surface area contributed by atoms with Crippen molar-refractivity contribution in [1.82, 2.24) is 0 Å². The molecule has 0 spiro atoms. The molecule has 0 amide bonds. The van der Waals surface area contributed by atoms with E-state index in [4.69, 9.17) is 0 Å². The molecule has 0 heterocycles. The van der Waals surface area contributed by atoms with Gasteiger partial charge in [-0.05, 0) is 23.5 Å². The van der Waals surface area contributed by atoms with Crippen LogP contribution in [0.1, 0.15) is 12.8 Å². The zero-order valence-corrected chi connectivity index (χ0v) is 7.38. The van der Waals surface area contributed by atoms with Gasteiger partial charge in [0.1, 0.15) is 0 Å². The molecule has 0 unspecified atom stereocenters. The Bertz CT molecular complexity index is 239. The molecular weight excluding hydrogens is 151 g/mol. The molecule has 0 radical (unpaired) electrons. The van der Waals surface area contributed by atoms with Crippen LogP contribution in [0.5, 0.6) is 0 Å². The molecule has 0 aromatic heterocycles. The lowest BCUT2D eigenvalue weighted by Gasteiger charge is -2.01. The summed E-state index contributed by atoms with van der Waals surface area (Å²) in [5.41, 5.74) is 0. The predicted octanol–water partition coefficient (Wildman–Crippen LogP) is 3.35. The van der Waals surface area contributed by atoms with Crippen LogP contribution in [0.3, 0.4) is 0 Å². The lowest BCUT2D eigenvalue weighted by molar-refractivity contribution is 1.38. The van der Waals surface area contributed by atoms with Crippen LogP contribution in [0.2, 0.25) is 0 Å². The predicted molar refractivity (Wildman–Crippen MR) is 52.0 cm³/mol. The summed E-state index contributed by atoms with van der Waals surface area (Å²) in [6.07, 6.45) is 15.6. The molecule has 1 heteroatoms. The van der Waals surface area contributed by atoms with Gasteiger partial charge in [-0.2, -0.15) is 0 Å². The van der Waals surface area contributed by atoms with E-state index in [-0.39, 0.29) is 0 Å². The Morgan fingerprint density at radius 2 is 1.45 bits per heavy atom. The van der Waals surface area contributed by atoms with Crippen molar-refractivity contribution in [3.63, 3.8) is 0 Å². The zero-order chi connectivity index (χ0) is 7.52. The molecule has 2 rings (SSSR count). The van der Waals surface area contributed by atoms with Gasteiger partial charge in [0.2, 0.25) is 0 Å². The van der Waals surface area contributed by atoms with Crippen LogP contribution in [0, 0.1) is 0 Å². The van der Waals surface area contributed by atoms with Crippen molar-refractivity contribution in [1.29, 1.82) is 0 Å². The van der Waals surface area contributed by atoms with Crippen molar-refractivity contribution >= 4 is 8.58 Å². The summed E-state index contributed by atoms with van der Waals surface area (Å²) in [5.74, 6) is 0. The summed E-state index contributed by atoms with van der Waals surface area (Å²) in [4.78, 5) is 0. The molecule has 0 N–H and O–H groups in total. The molecule has 0 atom stereocenters. The fraction of sp³-hybridized carbons (Fsp3) is 0.200. The number of hydrogen-bond donors (Lipinski definition) is 0. The molecule has 2 aliphatic rings. The average molecular weight is 162 g/mol. The van der Waals surface area contributed by atoms with Crippen LogP contribution < -0.4 is 0 Å². The van der Waals surface area contributed by atoms with Crippen LogP contribution in [-0.4, -0.2) is 0 Å². The van der Waals surface area contributed by atoms with E-state index in [1.807, 2.05) is 0 Å². The van der Waals surface area contributed by atoms with Crippen molar-refractivity contribution in [3.8, 4) is 0 Å². The van der Waals surface area contributed by atoms with Gasteiger partial charge in [-0.15, -0.1) is 0 Å². The van der Waals surface area contributed by atoms with Gasteiger partial charge in [0.05, 0.1) is 0 Å². The third-order valence-electron chi connectivity index (χ3n) is 1.86. The Morgan fingerprint density at radius 3 is 1.82 bits per heavy atom. The molecule has 0 fully saturated rings. The summed E-state index contributed by atoms with van der Waals surface area (Å²) >= 11 is 0. The maximum absolute atomic E-state index is 2.25. The highest BCUT2D eigenvalue weighted by Gasteiger charge is 2.03. The molecule has 0 aromatic rings. The van der Waals surface area contributed by atoms with Gasteiger partial charge in [-0.25, -0.2) is 0 Å². The Morgan fingerprint density at radius 1 is 0.909 bits per heavy atom. The minimum absolute atomic E-state index is 0.937. The van der Waals surface area contributed by atoms with Crippen LogP contribution >= 0.6 is 8.58 Å². The van der Waals surface area contributed by atoms with Gasteiger partial charge < -0.3 is 0 Å². The van der Waals surface area contributed by atoms with Crippen molar-refractivity contribution in [2.45, 2.75) is 12.8 Å². The topological polar surface area (TPSA) is 0 Å². The number of allylic oxidation sites excluding steroid dienone is 8. The van der Waals surface area contributed by atoms with Gasteiger partial charge in [-0.3, -0.25) is 0 Å². The van der Waals surface area contributed by atoms with E-state index in [0.29, 0.717) is 0 Å². The minimum Gasteiger partial charge on any atom is -0.0801 e. The van der Waals surface area contributed by atoms with E-state index >= 15 is 0 Å². The van der Waals surface area contributed by atoms with Crippen LogP contribution in [-0.2, 0) is 0 Å². The van der Waals surface area contributed by atoms with Gasteiger partial charge in [0.15, 0.2) is 0 Å². The van der Waals surface area contributed by atoms with E-state index in [1.54, 1.807) is 10.6 Å². The Labute approximate surface area is 69.2 Å². The Kier molecular flexibility index (Phi) is 2.05. The molecule has 56 valence electrons. The highest BCUT2D eigenvalue weighted by Crippen LogP contribution is 2.40. The highest BCUT2D eigenvalue weighted by atomic mass is 31.1. The van der Waals surface area contributed by atoms with E-state index in [1.165, 1.54) is 12.8 Å². The van der Waals surface area contributed by atoms with Crippen molar-refractivity contribution in [2.24, 2.45) is 0 Å². The second-order valence-electron chi connectivity index (χ2n) is 2.77. The van der Waals surface area contributed by atoms with Crippen molar-refractivity contribution in [3.05, 3.63) is 47.1 Å². The van der Waals surface area contributed by atoms with Gasteiger partial charge in [0, 0.05) is 0 Å². The SMILES string of the molecule is C1=CCC(PC2=CC=CC2)=C1. The zero-order valence-electron chi connectivity index (χ0n) is 6.38. The monoisotopic (exact) mass is 162 g/mol. The molecule has 2 aliphatic carbocycles. The summed E-state index contributed by atoms with van der Waals surface area (Å²) in [6, 6.07) is 0. The fourth-order valence-corrected chi connectivity index (χ4v) is 2.50. The third kappa shape index (κ3) is 1.70. The molecular formula is C10H11P. The first kappa shape index (κ1) is 7.06. The quantitative estimate of drug-likeness (QED) is 0.546. The highest BCUT2D eigenvalue weighted by molar-refractivity contribution is 7.47. The van der Waals surface area contributed by atoms with E-state index in [9.17, 15) is 0 Å². The molecule has 11 heavy (non-hydrogen) atoms. The largest absolute Gasteiger partial charge is 0.0801 e. The van der Waals surface area contributed by atoms with Crippen LogP contribution in [0.25, 0.3) is 0 Å². The number of rotatable bonds is 2. The standard InChI is InChI=1S/C10H11P/c1-2-6-9(5-1)11-10-7-3-4-8-10/h1-5,7,11H,6,8H2. The third-order valence-corrected chi connectivity index (χ3v) is 3.25. The first-order chi connectivity index (χ1) is 5.45. The van der Waals surface area contributed by atoms with Crippen molar-refractivity contribution < 1.29 is 0 Å². The van der Waals surface area contributed by atoms with Crippen LogP contribution in [0.15, 0.2) is 47.1 Å². The normalized spacial score (nSPS) is 20.7. The average Bonchev–Trinajstić information content (AvgIpc) is 2.60.